The molecule has 1 aliphatic heterocycles. The Labute approximate surface area is 133 Å². The van der Waals surface area contributed by atoms with Crippen LogP contribution in [-0.4, -0.2) is 109 Å². The first kappa shape index (κ1) is 20.6. The molecule has 0 aromatic carbocycles. The van der Waals surface area contributed by atoms with Crippen LogP contribution < -0.4 is 0 Å². The van der Waals surface area contributed by atoms with Gasteiger partial charge < -0.3 is 50.3 Å². The van der Waals surface area contributed by atoms with Crippen molar-refractivity contribution >= 4 is 0 Å². The van der Waals surface area contributed by atoms with Gasteiger partial charge in [0.25, 0.3) is 0 Å². The van der Waals surface area contributed by atoms with Gasteiger partial charge in [-0.2, -0.15) is 0 Å². The lowest BCUT2D eigenvalue weighted by molar-refractivity contribution is -0.327. The second kappa shape index (κ2) is 9.18. The molecule has 10 nitrogen and oxygen atoms in total. The molecule has 1 aliphatic rings. The van der Waals surface area contributed by atoms with Crippen LogP contribution in [0.4, 0.5) is 0 Å². The summed E-state index contributed by atoms with van der Waals surface area (Å²) in [7, 11) is 0. The summed E-state index contributed by atoms with van der Waals surface area (Å²) >= 11 is 0. The summed E-state index contributed by atoms with van der Waals surface area (Å²) in [5.74, 6) is 0. The largest absolute Gasteiger partial charge is 0.394 e. The maximum Gasteiger partial charge on any atom is 0.187 e. The van der Waals surface area contributed by atoms with Gasteiger partial charge in [0.2, 0.25) is 0 Å². The number of aliphatic hydroxyl groups is 8. The fourth-order valence-electron chi connectivity index (χ4n) is 2.30. The smallest absolute Gasteiger partial charge is 0.187 e. The predicted octanol–water partition coefficient (Wildman–Crippen LogP) is -4.34. The standard InChI is InChI=1S/C13H26O10/c1-2-5(16)8(18)12(6(17)3-14)23-13-11(21)10(20)9(19)7(4-15)22-13/h5-21H,2-4H2,1H3/t5-,6?,7?,8?,9+,10?,11?,12?,13-/m0/s1. The summed E-state index contributed by atoms with van der Waals surface area (Å²) in [6.45, 7) is 0.109. The average molecular weight is 342 g/mol. The van der Waals surface area contributed by atoms with E-state index < -0.39 is 68.3 Å². The summed E-state index contributed by atoms with van der Waals surface area (Å²) in [6.07, 6.45) is -13.7. The minimum atomic E-state index is -1.73. The molecule has 1 heterocycles. The molecule has 1 saturated heterocycles. The van der Waals surface area contributed by atoms with Crippen molar-refractivity contribution in [3.05, 3.63) is 0 Å². The van der Waals surface area contributed by atoms with Crippen LogP contribution in [0.5, 0.6) is 0 Å². The van der Waals surface area contributed by atoms with Crippen molar-refractivity contribution < 1.29 is 50.3 Å². The van der Waals surface area contributed by atoms with E-state index in [4.69, 9.17) is 19.7 Å². The molecule has 23 heavy (non-hydrogen) atoms. The highest BCUT2D eigenvalue weighted by atomic mass is 16.7. The van der Waals surface area contributed by atoms with Crippen LogP contribution in [0, 0.1) is 0 Å². The minimum absolute atomic E-state index is 0.133. The molecular weight excluding hydrogens is 316 g/mol. The molecule has 6 unspecified atom stereocenters. The Morgan fingerprint density at radius 2 is 1.57 bits per heavy atom. The molecule has 0 bridgehead atoms. The molecule has 138 valence electrons. The molecular formula is C13H26O10. The van der Waals surface area contributed by atoms with Crippen molar-refractivity contribution in [2.45, 2.75) is 68.5 Å². The predicted molar refractivity (Wildman–Crippen MR) is 74.0 cm³/mol. The summed E-state index contributed by atoms with van der Waals surface area (Å²) in [5, 5.41) is 76.8. The zero-order chi connectivity index (χ0) is 17.7. The Morgan fingerprint density at radius 1 is 0.957 bits per heavy atom. The van der Waals surface area contributed by atoms with Gasteiger partial charge in [-0.1, -0.05) is 6.92 Å². The molecule has 0 aromatic rings. The number of hydrogen-bond donors (Lipinski definition) is 8. The van der Waals surface area contributed by atoms with E-state index in [1.165, 1.54) is 0 Å². The monoisotopic (exact) mass is 342 g/mol. The molecule has 0 spiro atoms. The third-order valence-corrected chi connectivity index (χ3v) is 3.86. The number of ether oxygens (including phenoxy) is 2. The lowest BCUT2D eigenvalue weighted by Crippen LogP contribution is -2.61. The third kappa shape index (κ3) is 4.79. The van der Waals surface area contributed by atoms with Gasteiger partial charge in [0, 0.05) is 0 Å². The van der Waals surface area contributed by atoms with E-state index in [0.717, 1.165) is 0 Å². The average Bonchev–Trinajstić information content (AvgIpc) is 2.57. The normalized spacial score (nSPS) is 37.2. The Hall–Kier alpha value is -0.400. The summed E-state index contributed by atoms with van der Waals surface area (Å²) < 4.78 is 10.3. The molecule has 0 radical (unpaired) electrons. The minimum Gasteiger partial charge on any atom is -0.394 e. The van der Waals surface area contributed by atoms with Crippen molar-refractivity contribution in [3.63, 3.8) is 0 Å². The topological polar surface area (TPSA) is 180 Å². The van der Waals surface area contributed by atoms with Crippen LogP contribution in [0.3, 0.4) is 0 Å². The first-order valence-corrected chi connectivity index (χ1v) is 7.39. The third-order valence-electron chi connectivity index (χ3n) is 3.86. The lowest BCUT2D eigenvalue weighted by Gasteiger charge is -2.42. The second-order valence-corrected chi connectivity index (χ2v) is 5.51. The molecule has 1 rings (SSSR count). The number of hydrogen-bond acceptors (Lipinski definition) is 10. The van der Waals surface area contributed by atoms with Gasteiger partial charge in [0.15, 0.2) is 6.29 Å². The van der Waals surface area contributed by atoms with Gasteiger partial charge in [-0.05, 0) is 6.42 Å². The lowest BCUT2D eigenvalue weighted by atomic mass is 9.98. The highest BCUT2D eigenvalue weighted by molar-refractivity contribution is 4.91. The first-order chi connectivity index (χ1) is 10.8. The van der Waals surface area contributed by atoms with Crippen LogP contribution in [0.1, 0.15) is 13.3 Å². The van der Waals surface area contributed by atoms with Gasteiger partial charge in [-0.3, -0.25) is 0 Å². The van der Waals surface area contributed by atoms with E-state index in [0.29, 0.717) is 0 Å². The summed E-state index contributed by atoms with van der Waals surface area (Å²) in [5.41, 5.74) is 0. The number of rotatable bonds is 8. The molecule has 8 N–H and O–H groups in total. The summed E-state index contributed by atoms with van der Waals surface area (Å²) in [4.78, 5) is 0. The molecule has 0 aromatic heterocycles. The van der Waals surface area contributed by atoms with E-state index in [-0.39, 0.29) is 6.42 Å². The molecule has 0 aliphatic carbocycles. The van der Waals surface area contributed by atoms with Crippen LogP contribution in [0.15, 0.2) is 0 Å². The maximum absolute atomic E-state index is 9.99. The van der Waals surface area contributed by atoms with Crippen molar-refractivity contribution in [1.82, 2.24) is 0 Å². The van der Waals surface area contributed by atoms with Crippen LogP contribution in [0.25, 0.3) is 0 Å². The highest BCUT2D eigenvalue weighted by Crippen LogP contribution is 2.25. The van der Waals surface area contributed by atoms with E-state index in [1.807, 2.05) is 0 Å². The van der Waals surface area contributed by atoms with Crippen LogP contribution >= 0.6 is 0 Å². The van der Waals surface area contributed by atoms with E-state index in [1.54, 1.807) is 6.92 Å². The van der Waals surface area contributed by atoms with Gasteiger partial charge in [0.1, 0.15) is 42.7 Å². The van der Waals surface area contributed by atoms with E-state index in [2.05, 4.69) is 0 Å². The molecule has 0 amide bonds. The zero-order valence-electron chi connectivity index (χ0n) is 12.7. The Balaban J connectivity index is 2.89. The van der Waals surface area contributed by atoms with Crippen LogP contribution in [0.2, 0.25) is 0 Å². The van der Waals surface area contributed by atoms with E-state index >= 15 is 0 Å². The Bertz CT molecular complexity index is 341. The Kier molecular flexibility index (Phi) is 8.24. The fraction of sp³-hybridized carbons (Fsp3) is 1.00. The van der Waals surface area contributed by atoms with Gasteiger partial charge in [0.05, 0.1) is 19.3 Å². The second-order valence-electron chi connectivity index (χ2n) is 5.51. The van der Waals surface area contributed by atoms with Crippen molar-refractivity contribution in [2.24, 2.45) is 0 Å². The van der Waals surface area contributed by atoms with Gasteiger partial charge >= 0.3 is 0 Å². The van der Waals surface area contributed by atoms with Gasteiger partial charge in [-0.25, -0.2) is 0 Å². The SMILES string of the molecule is CC[C@H](O)C(O)C(O[C@@H]1OC(CO)[C@@H](O)C(O)C1O)C(O)CO. The maximum atomic E-state index is 9.99. The van der Waals surface area contributed by atoms with Crippen molar-refractivity contribution in [1.29, 1.82) is 0 Å². The Morgan fingerprint density at radius 3 is 2.04 bits per heavy atom. The molecule has 10 heteroatoms. The van der Waals surface area contributed by atoms with Gasteiger partial charge in [-0.15, -0.1) is 0 Å². The van der Waals surface area contributed by atoms with Crippen molar-refractivity contribution in [3.8, 4) is 0 Å². The number of aliphatic hydroxyl groups excluding tert-OH is 8. The first-order valence-electron chi connectivity index (χ1n) is 7.39. The van der Waals surface area contributed by atoms with Crippen LogP contribution in [-0.2, 0) is 9.47 Å². The molecule has 0 saturated carbocycles. The molecule has 9 atom stereocenters. The quantitative estimate of drug-likeness (QED) is 0.215. The summed E-state index contributed by atoms with van der Waals surface area (Å²) in [6, 6.07) is 0. The highest BCUT2D eigenvalue weighted by Gasteiger charge is 2.46. The van der Waals surface area contributed by atoms with E-state index in [9.17, 15) is 30.6 Å². The fourth-order valence-corrected chi connectivity index (χ4v) is 2.30. The molecule has 1 fully saturated rings. The zero-order valence-corrected chi connectivity index (χ0v) is 12.7. The van der Waals surface area contributed by atoms with Crippen molar-refractivity contribution in [2.75, 3.05) is 13.2 Å².